The molecule has 1 rings (SSSR count). The molecule has 0 atom stereocenters. The summed E-state index contributed by atoms with van der Waals surface area (Å²) in [4.78, 5) is 50.1. The molecule has 0 bridgehead atoms. The standard InChI is InChI=1S/C18H27N3O6S/c1-6-8-19-12(22)9-21(4)10-13(23)20-16-14(17(24)27-7-2)11(3)15(28-16)18(25)26-5/h6-10H2,1-5H3,(H,19,22)(H,20,23). The molecular weight excluding hydrogens is 386 g/mol. The number of rotatable bonds is 10. The number of thiophene rings is 1. The van der Waals surface area contributed by atoms with Gasteiger partial charge in [0.05, 0.1) is 32.4 Å². The van der Waals surface area contributed by atoms with Crippen LogP contribution in [0.5, 0.6) is 0 Å². The predicted molar refractivity (Wildman–Crippen MR) is 106 cm³/mol. The quantitative estimate of drug-likeness (QED) is 0.558. The van der Waals surface area contributed by atoms with Crippen LogP contribution in [-0.2, 0) is 19.1 Å². The summed E-state index contributed by atoms with van der Waals surface area (Å²) in [7, 11) is 2.87. The van der Waals surface area contributed by atoms with Crippen molar-refractivity contribution in [1.82, 2.24) is 10.2 Å². The largest absolute Gasteiger partial charge is 0.465 e. The number of esters is 2. The normalized spacial score (nSPS) is 10.5. The zero-order chi connectivity index (χ0) is 21.3. The number of hydrogen-bond acceptors (Lipinski definition) is 8. The molecular formula is C18H27N3O6S. The van der Waals surface area contributed by atoms with Gasteiger partial charge in [-0.15, -0.1) is 11.3 Å². The van der Waals surface area contributed by atoms with E-state index in [1.165, 1.54) is 7.11 Å². The molecule has 0 saturated carbocycles. The van der Waals surface area contributed by atoms with Crippen LogP contribution in [0.15, 0.2) is 0 Å². The summed E-state index contributed by atoms with van der Waals surface area (Å²) < 4.78 is 9.75. The van der Waals surface area contributed by atoms with Gasteiger partial charge < -0.3 is 20.1 Å². The van der Waals surface area contributed by atoms with Gasteiger partial charge in [0.15, 0.2) is 0 Å². The molecule has 1 heterocycles. The van der Waals surface area contributed by atoms with Crippen LogP contribution in [0.3, 0.4) is 0 Å². The van der Waals surface area contributed by atoms with Crippen molar-refractivity contribution in [2.75, 3.05) is 45.7 Å². The molecule has 9 nitrogen and oxygen atoms in total. The van der Waals surface area contributed by atoms with Crippen LogP contribution in [0.25, 0.3) is 0 Å². The predicted octanol–water partition coefficient (Wildman–Crippen LogP) is 1.42. The van der Waals surface area contributed by atoms with Gasteiger partial charge in [-0.2, -0.15) is 0 Å². The monoisotopic (exact) mass is 413 g/mol. The van der Waals surface area contributed by atoms with Crippen molar-refractivity contribution in [1.29, 1.82) is 0 Å². The lowest BCUT2D eigenvalue weighted by Crippen LogP contribution is -2.39. The molecule has 1 aromatic rings. The fourth-order valence-corrected chi connectivity index (χ4v) is 3.50. The maximum atomic E-state index is 12.4. The van der Waals surface area contributed by atoms with Crippen LogP contribution >= 0.6 is 11.3 Å². The molecule has 0 aliphatic rings. The molecule has 0 aliphatic heterocycles. The summed E-state index contributed by atoms with van der Waals surface area (Å²) in [6.07, 6.45) is 0.826. The Labute approximate surface area is 168 Å². The number of amides is 2. The highest BCUT2D eigenvalue weighted by atomic mass is 32.1. The summed E-state index contributed by atoms with van der Waals surface area (Å²) in [5.74, 6) is -1.83. The topological polar surface area (TPSA) is 114 Å². The van der Waals surface area contributed by atoms with Gasteiger partial charge in [-0.3, -0.25) is 14.5 Å². The van der Waals surface area contributed by atoms with Crippen LogP contribution in [0.4, 0.5) is 5.00 Å². The fraction of sp³-hybridized carbons (Fsp3) is 0.556. The van der Waals surface area contributed by atoms with Crippen molar-refractivity contribution >= 4 is 40.1 Å². The van der Waals surface area contributed by atoms with Crippen molar-refractivity contribution in [2.24, 2.45) is 0 Å². The highest BCUT2D eigenvalue weighted by molar-refractivity contribution is 7.18. The van der Waals surface area contributed by atoms with E-state index in [-0.39, 0.29) is 41.0 Å². The second-order valence-electron chi connectivity index (χ2n) is 6.04. The van der Waals surface area contributed by atoms with Crippen LogP contribution in [-0.4, -0.2) is 69.1 Å². The minimum Gasteiger partial charge on any atom is -0.465 e. The molecule has 0 saturated heterocycles. The maximum Gasteiger partial charge on any atom is 0.348 e. The summed E-state index contributed by atoms with van der Waals surface area (Å²) in [6.45, 7) is 5.94. The van der Waals surface area contributed by atoms with E-state index >= 15 is 0 Å². The van der Waals surface area contributed by atoms with Crippen LogP contribution in [0, 0.1) is 6.92 Å². The highest BCUT2D eigenvalue weighted by Crippen LogP contribution is 2.34. The Balaban J connectivity index is 2.91. The first-order valence-electron chi connectivity index (χ1n) is 8.88. The average molecular weight is 413 g/mol. The van der Waals surface area contributed by atoms with Crippen LogP contribution in [0.2, 0.25) is 0 Å². The minimum absolute atomic E-state index is 0.0632. The molecule has 0 unspecified atom stereocenters. The zero-order valence-electron chi connectivity index (χ0n) is 16.8. The molecule has 0 spiro atoms. The molecule has 10 heteroatoms. The number of likely N-dealkylation sites (N-methyl/N-ethyl adjacent to an activating group) is 1. The first-order valence-corrected chi connectivity index (χ1v) is 9.70. The van der Waals surface area contributed by atoms with Crippen LogP contribution in [0.1, 0.15) is 45.9 Å². The van der Waals surface area contributed by atoms with Gasteiger partial charge in [-0.1, -0.05) is 6.92 Å². The average Bonchev–Trinajstić information content (AvgIpc) is 2.95. The van der Waals surface area contributed by atoms with E-state index in [0.717, 1.165) is 17.8 Å². The van der Waals surface area contributed by atoms with E-state index < -0.39 is 17.8 Å². The third-order valence-electron chi connectivity index (χ3n) is 3.65. The van der Waals surface area contributed by atoms with Gasteiger partial charge in [-0.05, 0) is 32.9 Å². The van der Waals surface area contributed by atoms with Gasteiger partial charge in [0, 0.05) is 6.54 Å². The Kier molecular flexibility index (Phi) is 9.60. The van der Waals surface area contributed by atoms with E-state index in [1.54, 1.807) is 25.8 Å². The Morgan fingerprint density at radius 1 is 1.07 bits per heavy atom. The molecule has 0 fully saturated rings. The minimum atomic E-state index is -0.631. The van der Waals surface area contributed by atoms with Gasteiger partial charge in [-0.25, -0.2) is 9.59 Å². The Bertz CT molecular complexity index is 731. The summed E-state index contributed by atoms with van der Waals surface area (Å²) in [5, 5.41) is 5.58. The lowest BCUT2D eigenvalue weighted by Gasteiger charge is -2.15. The van der Waals surface area contributed by atoms with Gasteiger partial charge in [0.1, 0.15) is 9.88 Å². The van der Waals surface area contributed by atoms with E-state index in [9.17, 15) is 19.2 Å². The van der Waals surface area contributed by atoms with Gasteiger partial charge in [0.2, 0.25) is 11.8 Å². The van der Waals surface area contributed by atoms with E-state index in [2.05, 4.69) is 10.6 Å². The van der Waals surface area contributed by atoms with Crippen molar-refractivity contribution in [3.8, 4) is 0 Å². The van der Waals surface area contributed by atoms with Crippen molar-refractivity contribution in [3.63, 3.8) is 0 Å². The molecule has 1 aromatic heterocycles. The van der Waals surface area contributed by atoms with E-state index in [4.69, 9.17) is 9.47 Å². The number of hydrogen-bond donors (Lipinski definition) is 2. The van der Waals surface area contributed by atoms with E-state index in [0.29, 0.717) is 12.1 Å². The summed E-state index contributed by atoms with van der Waals surface area (Å²) in [6, 6.07) is 0. The maximum absolute atomic E-state index is 12.4. The van der Waals surface area contributed by atoms with Gasteiger partial charge >= 0.3 is 11.9 Å². The molecule has 0 aromatic carbocycles. The molecule has 28 heavy (non-hydrogen) atoms. The number of carbonyl (C=O) groups is 4. The lowest BCUT2D eigenvalue weighted by molar-refractivity contribution is -0.122. The van der Waals surface area contributed by atoms with E-state index in [1.807, 2.05) is 6.92 Å². The molecule has 0 radical (unpaired) electrons. The Morgan fingerprint density at radius 3 is 2.29 bits per heavy atom. The highest BCUT2D eigenvalue weighted by Gasteiger charge is 2.27. The summed E-state index contributed by atoms with van der Waals surface area (Å²) in [5.41, 5.74) is 0.516. The molecule has 0 aliphatic carbocycles. The van der Waals surface area contributed by atoms with Gasteiger partial charge in [0.25, 0.3) is 0 Å². The first-order chi connectivity index (χ1) is 13.2. The van der Waals surface area contributed by atoms with Crippen molar-refractivity contribution in [3.05, 3.63) is 16.0 Å². The second kappa shape index (κ2) is 11.4. The molecule has 2 N–H and O–H groups in total. The van der Waals surface area contributed by atoms with Crippen molar-refractivity contribution < 1.29 is 28.7 Å². The number of ether oxygens (including phenoxy) is 2. The number of nitrogens with one attached hydrogen (secondary N) is 2. The summed E-state index contributed by atoms with van der Waals surface area (Å²) >= 11 is 0.948. The second-order valence-corrected chi connectivity index (χ2v) is 7.06. The molecule has 156 valence electrons. The third kappa shape index (κ3) is 6.61. The Morgan fingerprint density at radius 2 is 1.71 bits per heavy atom. The smallest absolute Gasteiger partial charge is 0.348 e. The number of nitrogens with zero attached hydrogens (tertiary/aromatic N) is 1. The SMILES string of the molecule is CCCNC(=O)CN(C)CC(=O)Nc1sc(C(=O)OC)c(C)c1C(=O)OCC. The number of anilines is 1. The number of carbonyl (C=O) groups excluding carboxylic acids is 4. The van der Waals surface area contributed by atoms with Crippen LogP contribution < -0.4 is 10.6 Å². The Hall–Kier alpha value is -2.46. The molecule has 2 amide bonds. The number of methoxy groups -OCH3 is 1. The lowest BCUT2D eigenvalue weighted by atomic mass is 10.1. The fourth-order valence-electron chi connectivity index (χ4n) is 2.37. The van der Waals surface area contributed by atoms with Crippen molar-refractivity contribution in [2.45, 2.75) is 27.2 Å². The third-order valence-corrected chi connectivity index (χ3v) is 4.84. The zero-order valence-corrected chi connectivity index (χ0v) is 17.7. The first kappa shape index (κ1) is 23.6.